The number of nitrogens with one attached hydrogen (secondary N) is 1. The fourth-order valence-corrected chi connectivity index (χ4v) is 10.7. The van der Waals surface area contributed by atoms with Gasteiger partial charge in [-0.2, -0.15) is 0 Å². The number of ether oxygens (including phenoxy) is 1. The van der Waals surface area contributed by atoms with Crippen molar-refractivity contribution in [3.05, 3.63) is 24.3 Å². The van der Waals surface area contributed by atoms with Crippen LogP contribution in [0.4, 0.5) is 0 Å². The summed E-state index contributed by atoms with van der Waals surface area (Å²) < 4.78 is 5.50. The zero-order chi connectivity index (χ0) is 54.3. The maximum atomic E-state index is 12.4. The molecule has 0 aliphatic carbocycles. The van der Waals surface area contributed by atoms with Gasteiger partial charge in [-0.1, -0.05) is 334 Å². The second-order valence-corrected chi connectivity index (χ2v) is 23.5. The molecule has 1 amide bonds. The summed E-state index contributed by atoms with van der Waals surface area (Å²) in [6.07, 6.45) is 81.3. The van der Waals surface area contributed by atoms with Crippen molar-refractivity contribution in [1.29, 1.82) is 0 Å². The molecule has 0 aliphatic rings. The third-order valence-corrected chi connectivity index (χ3v) is 16.0. The Labute approximate surface area is 469 Å². The molecule has 2 atom stereocenters. The highest BCUT2D eigenvalue weighted by atomic mass is 16.5. The summed E-state index contributed by atoms with van der Waals surface area (Å²) in [6, 6.07) is -0.622. The number of unbranched alkanes of at least 4 members (excludes halogenated alkanes) is 51. The van der Waals surface area contributed by atoms with Gasteiger partial charge in [0, 0.05) is 12.8 Å². The first kappa shape index (κ1) is 73.3. The van der Waals surface area contributed by atoms with E-state index < -0.39 is 12.1 Å². The van der Waals surface area contributed by atoms with Crippen molar-refractivity contribution < 1.29 is 24.5 Å². The molecule has 0 rings (SSSR count). The number of hydrogen-bond acceptors (Lipinski definition) is 5. The number of amides is 1. The average molecular weight is 1060 g/mol. The van der Waals surface area contributed by atoms with Gasteiger partial charge < -0.3 is 20.3 Å². The minimum Gasteiger partial charge on any atom is -0.466 e. The molecular weight excluding hydrogens is 923 g/mol. The highest BCUT2D eigenvalue weighted by Crippen LogP contribution is 2.19. The molecular formula is C69H133NO5. The fourth-order valence-electron chi connectivity index (χ4n) is 10.7. The van der Waals surface area contributed by atoms with Crippen LogP contribution in [0.15, 0.2) is 24.3 Å². The Bertz CT molecular complexity index is 1170. The van der Waals surface area contributed by atoms with E-state index in [-0.39, 0.29) is 18.5 Å². The van der Waals surface area contributed by atoms with Crippen molar-refractivity contribution in [2.45, 2.75) is 392 Å². The number of aliphatic hydroxyl groups is 2. The fraction of sp³-hybridized carbons (Fsp3) is 0.913. The van der Waals surface area contributed by atoms with Crippen LogP contribution in [-0.2, 0) is 14.3 Å². The molecule has 444 valence electrons. The number of allylic oxidation sites excluding steroid dienone is 3. The first-order valence-electron chi connectivity index (χ1n) is 34.1. The van der Waals surface area contributed by atoms with Crippen LogP contribution < -0.4 is 5.32 Å². The lowest BCUT2D eigenvalue weighted by Crippen LogP contribution is -2.45. The smallest absolute Gasteiger partial charge is 0.305 e. The van der Waals surface area contributed by atoms with Crippen molar-refractivity contribution in [1.82, 2.24) is 5.32 Å². The molecule has 0 spiro atoms. The van der Waals surface area contributed by atoms with E-state index >= 15 is 0 Å². The first-order chi connectivity index (χ1) is 37.0. The Balaban J connectivity index is 3.30. The Morgan fingerprint density at radius 2 is 0.627 bits per heavy atom. The molecule has 0 aromatic carbocycles. The highest BCUT2D eigenvalue weighted by Gasteiger charge is 2.18. The van der Waals surface area contributed by atoms with Gasteiger partial charge in [-0.05, 0) is 57.8 Å². The number of esters is 1. The van der Waals surface area contributed by atoms with Crippen LogP contribution in [-0.4, -0.2) is 47.4 Å². The molecule has 0 saturated carbocycles. The minimum atomic E-state index is -0.839. The molecule has 0 aliphatic heterocycles. The second kappa shape index (κ2) is 64.9. The molecule has 0 radical (unpaired) electrons. The largest absolute Gasteiger partial charge is 0.466 e. The summed E-state index contributed by atoms with van der Waals surface area (Å²) in [5.41, 5.74) is 0. The monoisotopic (exact) mass is 1060 g/mol. The van der Waals surface area contributed by atoms with Crippen molar-refractivity contribution in [2.75, 3.05) is 13.2 Å². The van der Waals surface area contributed by atoms with Crippen LogP contribution in [0, 0.1) is 0 Å². The topological polar surface area (TPSA) is 95.9 Å². The zero-order valence-corrected chi connectivity index (χ0v) is 50.8. The van der Waals surface area contributed by atoms with E-state index in [1.165, 1.54) is 308 Å². The summed E-state index contributed by atoms with van der Waals surface area (Å²) in [6.45, 7) is 4.91. The van der Waals surface area contributed by atoms with E-state index in [9.17, 15) is 19.8 Å². The number of aliphatic hydroxyl groups excluding tert-OH is 2. The van der Waals surface area contributed by atoms with Crippen LogP contribution in [0.5, 0.6) is 0 Å². The van der Waals surface area contributed by atoms with Gasteiger partial charge in [0.1, 0.15) is 0 Å². The summed E-state index contributed by atoms with van der Waals surface area (Å²) >= 11 is 0. The lowest BCUT2D eigenvalue weighted by Gasteiger charge is -2.20. The molecule has 2 unspecified atom stereocenters. The number of carbonyl (C=O) groups is 2. The van der Waals surface area contributed by atoms with Gasteiger partial charge in [0.25, 0.3) is 0 Å². The van der Waals surface area contributed by atoms with Crippen LogP contribution in [0.2, 0.25) is 0 Å². The summed E-state index contributed by atoms with van der Waals surface area (Å²) in [7, 11) is 0. The normalized spacial score (nSPS) is 12.6. The van der Waals surface area contributed by atoms with Crippen LogP contribution >= 0.6 is 0 Å². The third-order valence-electron chi connectivity index (χ3n) is 16.0. The van der Waals surface area contributed by atoms with Gasteiger partial charge in [0.05, 0.1) is 25.4 Å². The molecule has 0 heterocycles. The molecule has 0 saturated heterocycles. The predicted octanol–water partition coefficient (Wildman–Crippen LogP) is 21.8. The molecule has 0 aromatic heterocycles. The summed E-state index contributed by atoms with van der Waals surface area (Å²) in [5.74, 6) is -0.0500. The maximum Gasteiger partial charge on any atom is 0.305 e. The average Bonchev–Trinajstić information content (AvgIpc) is 3.41. The standard InChI is InChI=1S/C69H133NO5/c1-3-5-7-9-11-13-15-16-17-37-40-43-47-51-55-59-63-69(74)75-64-60-56-52-48-44-41-38-35-33-31-29-27-25-23-21-19-18-20-22-24-26-28-30-32-34-36-39-42-46-50-54-58-62-68(73)70-66(65-71)67(72)61-57-53-49-45-14-12-10-8-6-4-2/h17,37,57,61,66-67,71-72H,3-16,18-36,38-56,58-60,62-65H2,1-2H3,(H,70,73)/b37-17-,61-57+. The Hall–Kier alpha value is -1.66. The zero-order valence-electron chi connectivity index (χ0n) is 50.8. The number of hydrogen-bond donors (Lipinski definition) is 3. The maximum absolute atomic E-state index is 12.4. The number of carbonyl (C=O) groups excluding carboxylic acids is 2. The van der Waals surface area contributed by atoms with Gasteiger partial charge in [-0.25, -0.2) is 0 Å². The van der Waals surface area contributed by atoms with Gasteiger partial charge in [0.2, 0.25) is 5.91 Å². The van der Waals surface area contributed by atoms with E-state index in [4.69, 9.17) is 4.74 Å². The van der Waals surface area contributed by atoms with E-state index in [1.54, 1.807) is 6.08 Å². The first-order valence-corrected chi connectivity index (χ1v) is 34.1. The van der Waals surface area contributed by atoms with Crippen molar-refractivity contribution in [2.24, 2.45) is 0 Å². The predicted molar refractivity (Wildman–Crippen MR) is 329 cm³/mol. The lowest BCUT2D eigenvalue weighted by molar-refractivity contribution is -0.143. The van der Waals surface area contributed by atoms with Crippen LogP contribution in [0.1, 0.15) is 380 Å². The lowest BCUT2D eigenvalue weighted by atomic mass is 10.0. The van der Waals surface area contributed by atoms with E-state index in [1.807, 2.05) is 6.08 Å². The van der Waals surface area contributed by atoms with E-state index in [2.05, 4.69) is 31.3 Å². The minimum absolute atomic E-state index is 0.0139. The summed E-state index contributed by atoms with van der Waals surface area (Å²) in [5, 5.41) is 23.0. The van der Waals surface area contributed by atoms with Crippen LogP contribution in [0.3, 0.4) is 0 Å². The molecule has 3 N–H and O–H groups in total. The molecule has 6 heteroatoms. The molecule has 6 nitrogen and oxygen atoms in total. The number of rotatable bonds is 64. The van der Waals surface area contributed by atoms with E-state index in [0.717, 1.165) is 44.9 Å². The van der Waals surface area contributed by atoms with Crippen molar-refractivity contribution in [3.63, 3.8) is 0 Å². The molecule has 0 bridgehead atoms. The van der Waals surface area contributed by atoms with Crippen molar-refractivity contribution in [3.8, 4) is 0 Å². The third kappa shape index (κ3) is 61.4. The molecule has 75 heavy (non-hydrogen) atoms. The molecule has 0 aromatic rings. The summed E-state index contributed by atoms with van der Waals surface area (Å²) in [4.78, 5) is 24.5. The molecule has 0 fully saturated rings. The Morgan fingerprint density at radius 1 is 0.360 bits per heavy atom. The SMILES string of the molecule is CCCCCCCCC/C=C\CCCCCCCC(=O)OCCCCCCCCCCCCCCCCCCCCCCCCCCCCCCCCCCC(=O)NC(CO)C(O)/C=C/CCCCCCCCCC. The van der Waals surface area contributed by atoms with Gasteiger partial charge in [-0.15, -0.1) is 0 Å². The van der Waals surface area contributed by atoms with E-state index in [0.29, 0.717) is 19.4 Å². The van der Waals surface area contributed by atoms with Gasteiger partial charge >= 0.3 is 5.97 Å². The highest BCUT2D eigenvalue weighted by molar-refractivity contribution is 5.76. The quantitative estimate of drug-likeness (QED) is 0.0320. The van der Waals surface area contributed by atoms with Gasteiger partial charge in [0.15, 0.2) is 0 Å². The second-order valence-electron chi connectivity index (χ2n) is 23.5. The van der Waals surface area contributed by atoms with Crippen molar-refractivity contribution >= 4 is 11.9 Å². The Kier molecular flexibility index (Phi) is 63.4. The van der Waals surface area contributed by atoms with Crippen LogP contribution in [0.25, 0.3) is 0 Å². The Morgan fingerprint density at radius 3 is 0.947 bits per heavy atom. The van der Waals surface area contributed by atoms with Gasteiger partial charge in [-0.3, -0.25) is 9.59 Å².